The number of aromatic nitrogens is 3. The lowest BCUT2D eigenvalue weighted by Gasteiger charge is -2.23. The van der Waals surface area contributed by atoms with E-state index in [1.807, 2.05) is 12.4 Å². The second-order valence-electron chi connectivity index (χ2n) is 14.5. The number of halogens is 2. The third-order valence-electron chi connectivity index (χ3n) is 10.5. The summed E-state index contributed by atoms with van der Waals surface area (Å²) in [6.45, 7) is 15.5. The Bertz CT molecular complexity index is 1340. The van der Waals surface area contributed by atoms with Crippen LogP contribution in [0.1, 0.15) is 134 Å². The van der Waals surface area contributed by atoms with Gasteiger partial charge in [-0.1, -0.05) is 86.2 Å². The molecule has 13 heteroatoms. The number of alkyl halides is 2. The van der Waals surface area contributed by atoms with E-state index in [0.717, 1.165) is 48.7 Å². The van der Waals surface area contributed by atoms with Crippen molar-refractivity contribution in [3.8, 4) is 0 Å². The van der Waals surface area contributed by atoms with Crippen molar-refractivity contribution in [2.24, 2.45) is 0 Å². The largest absolute Gasteiger partial charge is 0.500 e. The quantitative estimate of drug-likeness (QED) is 0.0476. The summed E-state index contributed by atoms with van der Waals surface area (Å²) in [5.74, 6) is 1.79. The third kappa shape index (κ3) is 23.0. The molecule has 0 saturated heterocycles. The first-order valence-corrected chi connectivity index (χ1v) is 27.4. The Hall–Kier alpha value is -1.40. The normalized spacial score (nSPS) is 12.9. The molecule has 0 fully saturated rings. The lowest BCUT2D eigenvalue weighted by atomic mass is 9.85. The molecule has 0 amide bonds. The summed E-state index contributed by atoms with van der Waals surface area (Å²) in [5, 5.41) is 2.11. The highest BCUT2D eigenvalue weighted by atomic mass is 79.9. The number of pyridine rings is 3. The lowest BCUT2D eigenvalue weighted by molar-refractivity contribution is -0.697. The number of hydrogen-bond donors (Lipinski definition) is 0. The molecule has 0 bridgehead atoms. The second-order valence-corrected chi connectivity index (χ2v) is 22.2. The standard InChI is InChI=1S/C26H44N2O3Si.C9H13N.C6H15BrO3Si.C4H9Br/c1-7-9-15-27-19-13-26(14-20-27)24(8-2)22-23(3)25-11-17-28(18-12-25)16-10-21-32(29-4,30-5)31-6;1-3-8(2)9-4-6-10-7-5-9;1-8-11(9-2,10-3)6-4-5-7;1-2-3-4-5/h11-14,17-20,23-24H,7-10,15-16,21-22H2,1-6H3;4-8H,3H2,1-2H3;4-6H2,1-3H3;2-4H2,1H3/q+2;;;. The van der Waals surface area contributed by atoms with Crippen molar-refractivity contribution in [2.75, 3.05) is 53.3 Å². The van der Waals surface area contributed by atoms with Gasteiger partial charge >= 0.3 is 17.6 Å². The molecule has 58 heavy (non-hydrogen) atoms. The van der Waals surface area contributed by atoms with Gasteiger partial charge in [0.2, 0.25) is 0 Å². The Morgan fingerprint density at radius 1 is 0.534 bits per heavy atom. The fourth-order valence-corrected chi connectivity index (χ4v) is 11.0. The minimum atomic E-state index is -2.48. The molecule has 3 unspecified atom stereocenters. The van der Waals surface area contributed by atoms with Crippen LogP contribution in [0.2, 0.25) is 12.1 Å². The molecule has 0 aliphatic carbocycles. The van der Waals surface area contributed by atoms with Crippen LogP contribution in [0, 0.1) is 0 Å². The average Bonchev–Trinajstić information content (AvgIpc) is 3.28. The summed E-state index contributed by atoms with van der Waals surface area (Å²) in [7, 11) is 5.17. The van der Waals surface area contributed by atoms with E-state index < -0.39 is 17.6 Å². The Balaban J connectivity index is 0.00000101. The van der Waals surface area contributed by atoms with E-state index >= 15 is 0 Å². The SMILES string of the molecule is CCC(C)c1ccncc1.CCCCBr.CCCC[n+]1ccc(C(CC)CC(C)c2cc[n+](CCC[Si](OC)(OC)OC)cc2)cc1.CO[Si](CCCBr)(OC)OC. The van der Waals surface area contributed by atoms with Crippen LogP contribution in [0.25, 0.3) is 0 Å². The summed E-state index contributed by atoms with van der Waals surface area (Å²) in [6.07, 6.45) is 23.2. The van der Waals surface area contributed by atoms with Crippen LogP contribution in [0.15, 0.2) is 73.6 Å². The zero-order valence-corrected chi connectivity index (χ0v) is 43.5. The van der Waals surface area contributed by atoms with E-state index in [1.165, 1.54) is 61.6 Å². The lowest BCUT2D eigenvalue weighted by Crippen LogP contribution is -2.44. The summed E-state index contributed by atoms with van der Waals surface area (Å²) < 4.78 is 36.7. The predicted octanol–water partition coefficient (Wildman–Crippen LogP) is 11.4. The van der Waals surface area contributed by atoms with Gasteiger partial charge in [-0.15, -0.1) is 0 Å². The van der Waals surface area contributed by atoms with Gasteiger partial charge in [-0.3, -0.25) is 4.98 Å². The molecule has 332 valence electrons. The van der Waals surface area contributed by atoms with Crippen molar-refractivity contribution in [1.82, 2.24) is 4.98 Å². The predicted molar refractivity (Wildman–Crippen MR) is 252 cm³/mol. The first-order valence-electron chi connectivity index (χ1n) is 21.3. The summed E-state index contributed by atoms with van der Waals surface area (Å²) in [6, 6.07) is 15.0. The maximum Gasteiger partial charge on any atom is 0.500 e. The van der Waals surface area contributed by atoms with Crippen molar-refractivity contribution < 1.29 is 35.7 Å². The molecule has 0 aliphatic heterocycles. The van der Waals surface area contributed by atoms with E-state index in [4.69, 9.17) is 26.6 Å². The van der Waals surface area contributed by atoms with Gasteiger partial charge in [-0.2, -0.15) is 0 Å². The average molecular weight is 976 g/mol. The van der Waals surface area contributed by atoms with E-state index in [2.05, 4.69) is 149 Å². The molecule has 0 radical (unpaired) electrons. The molecule has 9 nitrogen and oxygen atoms in total. The van der Waals surface area contributed by atoms with Gasteiger partial charge in [0.15, 0.2) is 24.8 Å². The Morgan fingerprint density at radius 3 is 1.33 bits per heavy atom. The van der Waals surface area contributed by atoms with Gasteiger partial charge < -0.3 is 26.6 Å². The first-order chi connectivity index (χ1) is 28.0. The number of aryl methyl sites for hydroxylation is 2. The molecule has 3 aromatic heterocycles. The van der Waals surface area contributed by atoms with Crippen molar-refractivity contribution in [3.63, 3.8) is 0 Å². The molecule has 3 atom stereocenters. The van der Waals surface area contributed by atoms with Crippen LogP contribution in [-0.2, 0) is 39.6 Å². The van der Waals surface area contributed by atoms with Crippen LogP contribution in [0.3, 0.4) is 0 Å². The molecular weight excluding hydrogens is 894 g/mol. The van der Waals surface area contributed by atoms with E-state index in [9.17, 15) is 0 Å². The number of hydrogen-bond acceptors (Lipinski definition) is 7. The molecule has 0 aromatic carbocycles. The minimum absolute atomic E-state index is 0.526. The highest BCUT2D eigenvalue weighted by Crippen LogP contribution is 2.31. The topological polar surface area (TPSA) is 76.0 Å². The number of rotatable bonds is 25. The molecular formula is C45H81Br2N3O6Si2+2. The Kier molecular flexibility index (Phi) is 34.4. The highest BCUT2D eigenvalue weighted by molar-refractivity contribution is 9.09. The third-order valence-corrected chi connectivity index (χ3v) is 17.3. The van der Waals surface area contributed by atoms with Crippen molar-refractivity contribution in [1.29, 1.82) is 0 Å². The number of unbranched alkanes of at least 4 members (excludes halogenated alkanes) is 2. The van der Waals surface area contributed by atoms with Crippen molar-refractivity contribution >= 4 is 49.5 Å². The van der Waals surface area contributed by atoms with E-state index in [1.54, 1.807) is 42.7 Å². The first kappa shape index (κ1) is 56.6. The zero-order valence-electron chi connectivity index (χ0n) is 38.3. The molecule has 0 aliphatic rings. The highest BCUT2D eigenvalue weighted by Gasteiger charge is 2.38. The summed E-state index contributed by atoms with van der Waals surface area (Å²) in [5.41, 5.74) is 4.25. The van der Waals surface area contributed by atoms with E-state index in [0.29, 0.717) is 17.8 Å². The van der Waals surface area contributed by atoms with Gasteiger partial charge in [0, 0.05) is 115 Å². The minimum Gasteiger partial charge on any atom is -0.377 e. The smallest absolute Gasteiger partial charge is 0.377 e. The monoisotopic (exact) mass is 973 g/mol. The van der Waals surface area contributed by atoms with Crippen LogP contribution in [0.5, 0.6) is 0 Å². The van der Waals surface area contributed by atoms with Crippen molar-refractivity contribution in [2.45, 2.75) is 142 Å². The van der Waals surface area contributed by atoms with Crippen LogP contribution in [0.4, 0.5) is 0 Å². The van der Waals surface area contributed by atoms with Crippen molar-refractivity contribution in [3.05, 3.63) is 90.3 Å². The van der Waals surface area contributed by atoms with Gasteiger partial charge in [0.05, 0.1) is 0 Å². The molecule has 3 aromatic rings. The van der Waals surface area contributed by atoms with E-state index in [-0.39, 0.29) is 0 Å². The maximum atomic E-state index is 5.52. The van der Waals surface area contributed by atoms with Crippen LogP contribution < -0.4 is 9.13 Å². The second kappa shape index (κ2) is 35.2. The molecule has 3 rings (SSSR count). The van der Waals surface area contributed by atoms with Gasteiger partial charge in [0.1, 0.15) is 13.1 Å². The summed E-state index contributed by atoms with van der Waals surface area (Å²) in [4.78, 5) is 3.96. The molecule has 0 spiro atoms. The molecule has 3 heterocycles. The number of nitrogens with zero attached hydrogens (tertiary/aromatic N) is 3. The zero-order chi connectivity index (χ0) is 43.7. The fourth-order valence-electron chi connectivity index (χ4n) is 6.21. The Labute approximate surface area is 374 Å². The van der Waals surface area contributed by atoms with Gasteiger partial charge in [-0.05, 0) is 78.7 Å². The molecule has 0 N–H and O–H groups in total. The Morgan fingerprint density at radius 2 is 0.948 bits per heavy atom. The fraction of sp³-hybridized carbons (Fsp3) is 0.667. The van der Waals surface area contributed by atoms with Gasteiger partial charge in [-0.25, -0.2) is 9.13 Å². The molecule has 0 saturated carbocycles. The summed E-state index contributed by atoms with van der Waals surface area (Å²) >= 11 is 6.65. The van der Waals surface area contributed by atoms with Crippen LogP contribution >= 0.6 is 31.9 Å². The van der Waals surface area contributed by atoms with Crippen LogP contribution in [-0.4, -0.2) is 75.9 Å². The maximum absolute atomic E-state index is 5.52. The van der Waals surface area contributed by atoms with Gasteiger partial charge in [0.25, 0.3) is 0 Å².